The van der Waals surface area contributed by atoms with Crippen molar-refractivity contribution in [1.82, 2.24) is 5.32 Å². The van der Waals surface area contributed by atoms with E-state index in [0.717, 1.165) is 31.0 Å². The third-order valence-corrected chi connectivity index (χ3v) is 5.27. The number of rotatable bonds is 7. The highest BCUT2D eigenvalue weighted by atomic mass is 79.9. The van der Waals surface area contributed by atoms with E-state index in [1.807, 2.05) is 0 Å². The molecule has 0 atom stereocenters. The zero-order valence-electron chi connectivity index (χ0n) is 11.1. The molecule has 0 aromatic heterocycles. The first-order valence-electron chi connectivity index (χ1n) is 6.47. The number of amides is 1. The van der Waals surface area contributed by atoms with E-state index < -0.39 is 0 Å². The van der Waals surface area contributed by atoms with Crippen LogP contribution in [0.3, 0.4) is 0 Å². The third-order valence-electron chi connectivity index (χ3n) is 4.19. The molecular formula is C13H24BrNO2. The molecule has 1 aliphatic rings. The van der Waals surface area contributed by atoms with Crippen molar-refractivity contribution < 1.29 is 9.53 Å². The van der Waals surface area contributed by atoms with Gasteiger partial charge < -0.3 is 10.1 Å². The van der Waals surface area contributed by atoms with Crippen LogP contribution >= 0.6 is 15.9 Å². The molecule has 1 saturated carbocycles. The van der Waals surface area contributed by atoms with Crippen molar-refractivity contribution in [3.05, 3.63) is 0 Å². The highest BCUT2D eigenvalue weighted by Crippen LogP contribution is 2.38. The summed E-state index contributed by atoms with van der Waals surface area (Å²) in [5.74, 6) is 0.120. The molecule has 100 valence electrons. The van der Waals surface area contributed by atoms with Crippen LogP contribution in [0.15, 0.2) is 0 Å². The molecule has 1 N–H and O–H groups in total. The van der Waals surface area contributed by atoms with Gasteiger partial charge in [-0.3, -0.25) is 4.79 Å². The van der Waals surface area contributed by atoms with Gasteiger partial charge in [-0.15, -0.1) is 0 Å². The van der Waals surface area contributed by atoms with Crippen LogP contribution in [0.1, 0.15) is 52.4 Å². The molecule has 17 heavy (non-hydrogen) atoms. The normalized spacial score (nSPS) is 18.6. The van der Waals surface area contributed by atoms with Crippen LogP contribution in [0.25, 0.3) is 0 Å². The van der Waals surface area contributed by atoms with Crippen molar-refractivity contribution >= 4 is 21.8 Å². The first-order valence-corrected chi connectivity index (χ1v) is 7.59. The molecule has 0 aliphatic heterocycles. The summed E-state index contributed by atoms with van der Waals surface area (Å²) in [6, 6.07) is 0. The first-order chi connectivity index (χ1) is 8.05. The maximum atomic E-state index is 12.1. The number of methoxy groups -OCH3 is 1. The molecule has 0 unspecified atom stereocenters. The Morgan fingerprint density at radius 3 is 2.29 bits per heavy atom. The fraction of sp³-hybridized carbons (Fsp3) is 0.923. The summed E-state index contributed by atoms with van der Waals surface area (Å²) in [6.45, 7) is 4.22. The third kappa shape index (κ3) is 3.44. The maximum Gasteiger partial charge on any atom is 0.223 e. The quantitative estimate of drug-likeness (QED) is 0.734. The van der Waals surface area contributed by atoms with E-state index in [2.05, 4.69) is 35.1 Å². The van der Waals surface area contributed by atoms with E-state index in [1.54, 1.807) is 7.11 Å². The van der Waals surface area contributed by atoms with E-state index in [1.165, 1.54) is 6.42 Å². The topological polar surface area (TPSA) is 38.3 Å². The van der Waals surface area contributed by atoms with Crippen LogP contribution in [-0.4, -0.2) is 29.5 Å². The largest absolute Gasteiger partial charge is 0.378 e. The number of carbonyl (C=O) groups is 1. The minimum Gasteiger partial charge on any atom is -0.378 e. The second-order valence-corrected chi connectivity index (χ2v) is 5.65. The highest BCUT2D eigenvalue weighted by molar-refractivity contribution is 9.09. The van der Waals surface area contributed by atoms with Crippen LogP contribution in [0, 0.1) is 0 Å². The van der Waals surface area contributed by atoms with Crippen molar-refractivity contribution in [3.8, 4) is 0 Å². The average Bonchev–Trinajstić information content (AvgIpc) is 2.31. The van der Waals surface area contributed by atoms with Crippen LogP contribution in [0.4, 0.5) is 0 Å². The molecule has 0 spiro atoms. The number of ether oxygens (including phenoxy) is 1. The van der Waals surface area contributed by atoms with Gasteiger partial charge in [0.15, 0.2) is 0 Å². The predicted molar refractivity (Wildman–Crippen MR) is 73.5 cm³/mol. The van der Waals surface area contributed by atoms with E-state index in [9.17, 15) is 4.79 Å². The van der Waals surface area contributed by atoms with E-state index in [4.69, 9.17) is 4.74 Å². The van der Waals surface area contributed by atoms with Gasteiger partial charge in [0.2, 0.25) is 5.91 Å². The SMILES string of the molecule is CCC(CC)(CBr)NC(=O)CC1(OC)CCC1. The van der Waals surface area contributed by atoms with Crippen molar-refractivity contribution in [3.63, 3.8) is 0 Å². The van der Waals surface area contributed by atoms with E-state index in [0.29, 0.717) is 6.42 Å². The lowest BCUT2D eigenvalue weighted by molar-refractivity contribution is -0.135. The number of nitrogens with one attached hydrogen (secondary N) is 1. The summed E-state index contributed by atoms with van der Waals surface area (Å²) >= 11 is 3.50. The molecule has 1 fully saturated rings. The van der Waals surface area contributed by atoms with Crippen molar-refractivity contribution in [2.24, 2.45) is 0 Å². The van der Waals surface area contributed by atoms with Gasteiger partial charge in [0.25, 0.3) is 0 Å². The first kappa shape index (κ1) is 15.0. The molecule has 0 saturated heterocycles. The van der Waals surface area contributed by atoms with Gasteiger partial charge in [-0.25, -0.2) is 0 Å². The Hall–Kier alpha value is -0.0900. The molecule has 1 amide bonds. The van der Waals surface area contributed by atoms with Crippen molar-refractivity contribution in [2.75, 3.05) is 12.4 Å². The van der Waals surface area contributed by atoms with Gasteiger partial charge >= 0.3 is 0 Å². The van der Waals surface area contributed by atoms with E-state index in [-0.39, 0.29) is 17.0 Å². The van der Waals surface area contributed by atoms with Gasteiger partial charge in [0, 0.05) is 18.0 Å². The second kappa shape index (κ2) is 6.19. The Morgan fingerprint density at radius 1 is 1.41 bits per heavy atom. The number of hydrogen-bond donors (Lipinski definition) is 1. The van der Waals surface area contributed by atoms with Crippen molar-refractivity contribution in [2.45, 2.75) is 63.5 Å². The Labute approximate surface area is 113 Å². The van der Waals surface area contributed by atoms with Crippen LogP contribution in [0.2, 0.25) is 0 Å². The van der Waals surface area contributed by atoms with Gasteiger partial charge in [-0.05, 0) is 32.1 Å². The van der Waals surface area contributed by atoms with E-state index >= 15 is 0 Å². The summed E-state index contributed by atoms with van der Waals surface area (Å²) in [4.78, 5) is 12.1. The predicted octanol–water partition coefficient (Wildman–Crippen LogP) is 3.02. The smallest absolute Gasteiger partial charge is 0.223 e. The average molecular weight is 306 g/mol. The lowest BCUT2D eigenvalue weighted by atomic mass is 9.77. The van der Waals surface area contributed by atoms with Crippen molar-refractivity contribution in [1.29, 1.82) is 0 Å². The van der Waals surface area contributed by atoms with Gasteiger partial charge in [-0.1, -0.05) is 29.8 Å². The fourth-order valence-electron chi connectivity index (χ4n) is 2.31. The maximum absolute atomic E-state index is 12.1. The van der Waals surface area contributed by atoms with Gasteiger partial charge in [-0.2, -0.15) is 0 Å². The summed E-state index contributed by atoms with van der Waals surface area (Å²) < 4.78 is 5.49. The number of carbonyl (C=O) groups excluding carboxylic acids is 1. The van der Waals surface area contributed by atoms with Crippen LogP contribution in [0.5, 0.6) is 0 Å². The summed E-state index contributed by atoms with van der Waals surface area (Å²) in [5, 5.41) is 3.98. The Balaban J connectivity index is 2.53. The molecule has 0 aromatic carbocycles. The minimum atomic E-state index is -0.177. The Bertz CT molecular complexity index is 246. The van der Waals surface area contributed by atoms with Gasteiger partial charge in [0.1, 0.15) is 0 Å². The number of alkyl halides is 1. The molecule has 0 bridgehead atoms. The molecular weight excluding hydrogens is 282 g/mol. The molecule has 0 heterocycles. The highest BCUT2D eigenvalue weighted by Gasteiger charge is 2.40. The molecule has 0 aromatic rings. The Kier molecular flexibility index (Phi) is 5.45. The number of halogens is 1. The van der Waals surface area contributed by atoms with Gasteiger partial charge in [0.05, 0.1) is 12.0 Å². The summed E-state index contributed by atoms with van der Waals surface area (Å²) in [6.07, 6.45) is 5.58. The molecule has 3 nitrogen and oxygen atoms in total. The van der Waals surface area contributed by atoms with Crippen LogP contribution in [-0.2, 0) is 9.53 Å². The summed E-state index contributed by atoms with van der Waals surface area (Å²) in [5.41, 5.74) is -0.278. The summed E-state index contributed by atoms with van der Waals surface area (Å²) in [7, 11) is 1.71. The zero-order valence-corrected chi connectivity index (χ0v) is 12.7. The second-order valence-electron chi connectivity index (χ2n) is 5.09. The fourth-order valence-corrected chi connectivity index (χ4v) is 3.24. The lowest BCUT2D eigenvalue weighted by Gasteiger charge is -2.41. The molecule has 0 radical (unpaired) electrons. The molecule has 1 aliphatic carbocycles. The monoisotopic (exact) mass is 305 g/mol. The van der Waals surface area contributed by atoms with Crippen LogP contribution < -0.4 is 5.32 Å². The minimum absolute atomic E-state index is 0.101. The number of hydrogen-bond acceptors (Lipinski definition) is 2. The Morgan fingerprint density at radius 2 is 2.00 bits per heavy atom. The zero-order chi connectivity index (χ0) is 12.9. The molecule has 1 rings (SSSR count). The standard InChI is InChI=1S/C13H24BrNO2/c1-4-12(5-2,10-14)15-11(16)9-13(17-3)7-6-8-13/h4-10H2,1-3H3,(H,15,16). The molecule has 4 heteroatoms. The lowest BCUT2D eigenvalue weighted by Crippen LogP contribution is -2.52.